The third-order valence-corrected chi connectivity index (χ3v) is 6.57. The van der Waals surface area contributed by atoms with Crippen LogP contribution in [0, 0.1) is 6.92 Å². The van der Waals surface area contributed by atoms with Gasteiger partial charge in [-0.05, 0) is 63.8 Å². The van der Waals surface area contributed by atoms with E-state index in [-0.39, 0.29) is 12.5 Å². The largest absolute Gasteiger partial charge is 0.309 e. The molecule has 2 aromatic carbocycles. The van der Waals surface area contributed by atoms with Crippen molar-refractivity contribution in [3.8, 4) is 0 Å². The molecule has 3 aromatic rings. The maximum atomic E-state index is 13.4. The SMILES string of the molecule is Cc1cc(Cl)cc2sc(N(CCCN(C)C)C(=O)CN3C(=O)c4ccccc4C3=O)nc12. The van der Waals surface area contributed by atoms with E-state index in [1.807, 2.05) is 38.1 Å². The van der Waals surface area contributed by atoms with Crippen LogP contribution in [0.5, 0.6) is 0 Å². The van der Waals surface area contributed by atoms with Gasteiger partial charge in [-0.2, -0.15) is 0 Å². The molecule has 0 radical (unpaired) electrons. The Morgan fingerprint density at radius 2 is 1.75 bits per heavy atom. The van der Waals surface area contributed by atoms with E-state index in [0.29, 0.717) is 27.8 Å². The fourth-order valence-electron chi connectivity index (χ4n) is 3.73. The molecular weight excluding hydrogens is 448 g/mol. The van der Waals surface area contributed by atoms with E-state index in [2.05, 4.69) is 4.98 Å². The topological polar surface area (TPSA) is 73.8 Å². The molecule has 0 saturated carbocycles. The summed E-state index contributed by atoms with van der Waals surface area (Å²) >= 11 is 7.57. The van der Waals surface area contributed by atoms with Crippen LogP contribution in [0.1, 0.15) is 32.7 Å². The zero-order valence-electron chi connectivity index (χ0n) is 18.1. The van der Waals surface area contributed by atoms with Crippen LogP contribution in [0.15, 0.2) is 36.4 Å². The Morgan fingerprint density at radius 1 is 1.09 bits per heavy atom. The molecular formula is C23H23ClN4O3S. The van der Waals surface area contributed by atoms with E-state index in [1.54, 1.807) is 29.2 Å². The number of hydrogen-bond donors (Lipinski definition) is 0. The van der Waals surface area contributed by atoms with Crippen molar-refractivity contribution in [2.45, 2.75) is 13.3 Å². The van der Waals surface area contributed by atoms with Gasteiger partial charge in [0.1, 0.15) is 6.54 Å². The van der Waals surface area contributed by atoms with Gasteiger partial charge in [0.15, 0.2) is 5.13 Å². The second-order valence-corrected chi connectivity index (χ2v) is 9.46. The van der Waals surface area contributed by atoms with Crippen LogP contribution in [0.4, 0.5) is 5.13 Å². The Kier molecular flexibility index (Phi) is 6.28. The number of halogens is 1. The number of hydrogen-bond acceptors (Lipinski definition) is 6. The number of carbonyl (C=O) groups excluding carboxylic acids is 3. The highest BCUT2D eigenvalue weighted by atomic mass is 35.5. The first-order chi connectivity index (χ1) is 15.3. The number of thiazole rings is 1. The van der Waals surface area contributed by atoms with E-state index >= 15 is 0 Å². The first-order valence-corrected chi connectivity index (χ1v) is 11.4. The lowest BCUT2D eigenvalue weighted by atomic mass is 10.1. The summed E-state index contributed by atoms with van der Waals surface area (Å²) in [5.41, 5.74) is 2.38. The Bertz CT molecular complexity index is 1190. The van der Waals surface area contributed by atoms with Crippen molar-refractivity contribution in [3.05, 3.63) is 58.1 Å². The van der Waals surface area contributed by atoms with Crippen LogP contribution in [-0.4, -0.2) is 66.2 Å². The van der Waals surface area contributed by atoms with Gasteiger partial charge in [0.25, 0.3) is 11.8 Å². The van der Waals surface area contributed by atoms with Crippen LogP contribution in [-0.2, 0) is 4.79 Å². The number of imide groups is 1. The quantitative estimate of drug-likeness (QED) is 0.490. The molecule has 3 amide bonds. The monoisotopic (exact) mass is 470 g/mol. The molecule has 0 saturated heterocycles. The number of benzene rings is 2. The summed E-state index contributed by atoms with van der Waals surface area (Å²) in [5.74, 6) is -1.24. The van der Waals surface area contributed by atoms with Gasteiger partial charge in [0.05, 0.1) is 21.3 Å². The molecule has 166 valence electrons. The molecule has 0 aliphatic carbocycles. The van der Waals surface area contributed by atoms with Crippen molar-refractivity contribution >= 4 is 56.0 Å². The molecule has 1 aliphatic heterocycles. The molecule has 0 atom stereocenters. The zero-order chi connectivity index (χ0) is 23.0. The van der Waals surface area contributed by atoms with Crippen molar-refractivity contribution in [3.63, 3.8) is 0 Å². The van der Waals surface area contributed by atoms with E-state index in [4.69, 9.17) is 11.6 Å². The summed E-state index contributed by atoms with van der Waals surface area (Å²) in [4.78, 5) is 48.1. The van der Waals surface area contributed by atoms with E-state index in [0.717, 1.165) is 33.6 Å². The Balaban J connectivity index is 1.62. The molecule has 0 bridgehead atoms. The summed E-state index contributed by atoms with van der Waals surface area (Å²) in [5, 5.41) is 1.15. The van der Waals surface area contributed by atoms with Crippen molar-refractivity contribution in [1.29, 1.82) is 0 Å². The number of aromatic nitrogens is 1. The molecule has 0 fully saturated rings. The van der Waals surface area contributed by atoms with E-state index in [9.17, 15) is 14.4 Å². The second-order valence-electron chi connectivity index (χ2n) is 8.01. The van der Waals surface area contributed by atoms with Gasteiger partial charge in [-0.3, -0.25) is 24.2 Å². The summed E-state index contributed by atoms with van der Waals surface area (Å²) in [6, 6.07) is 10.3. The number of aryl methyl sites for hydroxylation is 1. The normalized spacial score (nSPS) is 13.3. The molecule has 0 N–H and O–H groups in total. The molecule has 9 heteroatoms. The molecule has 4 rings (SSSR count). The summed E-state index contributed by atoms with van der Waals surface area (Å²) in [6.45, 7) is 2.80. The Hall–Kier alpha value is -2.81. The van der Waals surface area contributed by atoms with Crippen LogP contribution in [0.25, 0.3) is 10.2 Å². The Morgan fingerprint density at radius 3 is 2.38 bits per heavy atom. The van der Waals surface area contributed by atoms with E-state index < -0.39 is 11.8 Å². The first kappa shape index (κ1) is 22.4. The fourth-order valence-corrected chi connectivity index (χ4v) is 5.20. The van der Waals surface area contributed by atoms with Gasteiger partial charge in [-0.1, -0.05) is 35.1 Å². The van der Waals surface area contributed by atoms with Crippen molar-refractivity contribution in [2.24, 2.45) is 0 Å². The van der Waals surface area contributed by atoms with Gasteiger partial charge >= 0.3 is 0 Å². The lowest BCUT2D eigenvalue weighted by molar-refractivity contribution is -0.119. The second kappa shape index (κ2) is 8.97. The maximum Gasteiger partial charge on any atom is 0.262 e. The van der Waals surface area contributed by atoms with Gasteiger partial charge in [-0.15, -0.1) is 0 Å². The lowest BCUT2D eigenvalue weighted by Crippen LogP contribution is -2.43. The summed E-state index contributed by atoms with van der Waals surface area (Å²) < 4.78 is 0.885. The van der Waals surface area contributed by atoms with Gasteiger partial charge in [0, 0.05) is 11.6 Å². The minimum absolute atomic E-state index is 0.328. The highest BCUT2D eigenvalue weighted by Crippen LogP contribution is 2.33. The molecule has 7 nitrogen and oxygen atoms in total. The fraction of sp³-hybridized carbons (Fsp3) is 0.304. The number of fused-ring (bicyclic) bond motifs is 2. The van der Waals surface area contributed by atoms with Crippen LogP contribution < -0.4 is 4.90 Å². The van der Waals surface area contributed by atoms with Crippen molar-refractivity contribution in [1.82, 2.24) is 14.8 Å². The first-order valence-electron chi connectivity index (χ1n) is 10.2. The number of rotatable bonds is 7. The maximum absolute atomic E-state index is 13.4. The minimum Gasteiger partial charge on any atom is -0.309 e. The van der Waals surface area contributed by atoms with Crippen LogP contribution in [0.3, 0.4) is 0 Å². The third-order valence-electron chi connectivity index (χ3n) is 5.33. The lowest BCUT2D eigenvalue weighted by Gasteiger charge is -2.23. The molecule has 0 unspecified atom stereocenters. The van der Waals surface area contributed by atoms with Crippen LogP contribution in [0.2, 0.25) is 5.02 Å². The van der Waals surface area contributed by atoms with Gasteiger partial charge < -0.3 is 4.90 Å². The average molecular weight is 471 g/mol. The van der Waals surface area contributed by atoms with Crippen LogP contribution >= 0.6 is 22.9 Å². The molecule has 0 spiro atoms. The molecule has 2 heterocycles. The Labute approximate surface area is 195 Å². The summed E-state index contributed by atoms with van der Waals surface area (Å²) in [7, 11) is 3.93. The average Bonchev–Trinajstić information content (AvgIpc) is 3.26. The van der Waals surface area contributed by atoms with Gasteiger partial charge in [0.2, 0.25) is 5.91 Å². The highest BCUT2D eigenvalue weighted by Gasteiger charge is 2.37. The number of anilines is 1. The summed E-state index contributed by atoms with van der Waals surface area (Å²) in [6.07, 6.45) is 0.719. The zero-order valence-corrected chi connectivity index (χ0v) is 19.7. The predicted molar refractivity (Wildman–Crippen MR) is 127 cm³/mol. The predicted octanol–water partition coefficient (Wildman–Crippen LogP) is 3.84. The smallest absolute Gasteiger partial charge is 0.262 e. The van der Waals surface area contributed by atoms with Crippen molar-refractivity contribution < 1.29 is 14.4 Å². The standard InChI is InChI=1S/C23H23ClN4O3S/c1-14-11-15(24)12-18-20(14)25-23(32-18)27(10-6-9-26(2)3)19(29)13-28-21(30)16-7-4-5-8-17(16)22(28)31/h4-5,7-8,11-12H,6,9-10,13H2,1-3H3. The highest BCUT2D eigenvalue weighted by molar-refractivity contribution is 7.22. The molecule has 32 heavy (non-hydrogen) atoms. The minimum atomic E-state index is -0.445. The molecule has 1 aromatic heterocycles. The van der Waals surface area contributed by atoms with E-state index in [1.165, 1.54) is 11.3 Å². The number of amides is 3. The van der Waals surface area contributed by atoms with Crippen molar-refractivity contribution in [2.75, 3.05) is 38.6 Å². The number of carbonyl (C=O) groups is 3. The molecule has 1 aliphatic rings. The number of nitrogens with zero attached hydrogens (tertiary/aromatic N) is 4. The van der Waals surface area contributed by atoms with Gasteiger partial charge in [-0.25, -0.2) is 4.98 Å². The third kappa shape index (κ3) is 4.26.